The molecule has 1 saturated heterocycles. The van der Waals surface area contributed by atoms with E-state index in [4.69, 9.17) is 14.2 Å². The molecule has 0 bridgehead atoms. The van der Waals surface area contributed by atoms with E-state index < -0.39 is 25.9 Å². The molecule has 46 heavy (non-hydrogen) atoms. The van der Waals surface area contributed by atoms with Gasteiger partial charge < -0.3 is 29.0 Å². The number of aliphatic hydroxyl groups excluding tert-OH is 1. The van der Waals surface area contributed by atoms with Crippen LogP contribution in [0.5, 0.6) is 5.75 Å². The van der Waals surface area contributed by atoms with Crippen LogP contribution >= 0.6 is 0 Å². The molecule has 248 valence electrons. The second-order valence-electron chi connectivity index (χ2n) is 12.5. The normalized spacial score (nSPS) is 22.5. The summed E-state index contributed by atoms with van der Waals surface area (Å²) in [6, 6.07) is 8.78. The number of unbranched alkanes of at least 4 members (excludes halogenated alkanes) is 1. The first-order valence-electron chi connectivity index (χ1n) is 15.7. The summed E-state index contributed by atoms with van der Waals surface area (Å²) < 4.78 is 20.1. The summed E-state index contributed by atoms with van der Waals surface area (Å²) in [4.78, 5) is 52.9. The van der Waals surface area contributed by atoms with Crippen molar-refractivity contribution < 1.29 is 33.7 Å². The van der Waals surface area contributed by atoms with Gasteiger partial charge in [0.2, 0.25) is 0 Å². The summed E-state index contributed by atoms with van der Waals surface area (Å²) in [5.41, 5.74) is 0.513. The van der Waals surface area contributed by atoms with Crippen LogP contribution in [0.3, 0.4) is 0 Å². The number of nitrogens with zero attached hydrogens (tertiary/aromatic N) is 5. The highest BCUT2D eigenvalue weighted by Crippen LogP contribution is 2.59. The molecular weight excluding hydrogens is 610 g/mol. The first kappa shape index (κ1) is 33.5. The number of hydrogen-bond donors (Lipinski definition) is 2. The molecule has 0 saturated carbocycles. The van der Waals surface area contributed by atoms with Crippen LogP contribution in [-0.4, -0.2) is 83.1 Å². The molecule has 1 spiro atoms. The van der Waals surface area contributed by atoms with Crippen molar-refractivity contribution in [1.29, 1.82) is 0 Å². The number of carbonyl (C=O) groups excluding carboxylic acids is 2. The van der Waals surface area contributed by atoms with E-state index in [9.17, 15) is 24.3 Å². The van der Waals surface area contributed by atoms with Crippen molar-refractivity contribution in [3.8, 4) is 11.4 Å². The molecule has 2 aliphatic heterocycles. The minimum absolute atomic E-state index is 0.0264. The minimum atomic E-state index is -2.91. The number of benzene rings is 1. The van der Waals surface area contributed by atoms with Crippen LogP contribution in [0, 0.1) is 5.92 Å². The van der Waals surface area contributed by atoms with Gasteiger partial charge in [-0.2, -0.15) is 0 Å². The molecule has 0 radical (unpaired) electrons. The quantitative estimate of drug-likeness (QED) is 0.160. The van der Waals surface area contributed by atoms with E-state index >= 15 is 0 Å². The smallest absolute Gasteiger partial charge is 0.305 e. The molecule has 1 aromatic carbocycles. The van der Waals surface area contributed by atoms with Crippen LogP contribution in [0.4, 0.5) is 5.69 Å². The van der Waals surface area contributed by atoms with Crippen molar-refractivity contribution in [2.75, 3.05) is 32.3 Å². The molecule has 0 aliphatic carbocycles. The number of hydrogen-bond acceptors (Lipinski definition) is 10. The Morgan fingerprint density at radius 1 is 1.15 bits per heavy atom. The summed E-state index contributed by atoms with van der Waals surface area (Å²) in [7, 11) is -0.112. The average Bonchev–Trinajstić information content (AvgIpc) is 3.67. The number of aromatic nitrogens is 4. The lowest BCUT2D eigenvalue weighted by Gasteiger charge is -2.32. The Morgan fingerprint density at radius 2 is 1.93 bits per heavy atom. The van der Waals surface area contributed by atoms with Gasteiger partial charge in [-0.05, 0) is 62.7 Å². The molecule has 4 heterocycles. The Labute approximate surface area is 268 Å². The molecular formula is C32H43N5O8Si. The summed E-state index contributed by atoms with van der Waals surface area (Å²) in [6.45, 7) is 6.50. The molecule has 14 heteroatoms. The van der Waals surface area contributed by atoms with Crippen LogP contribution < -0.4 is 15.2 Å². The predicted molar refractivity (Wildman–Crippen MR) is 171 cm³/mol. The van der Waals surface area contributed by atoms with Gasteiger partial charge in [0.15, 0.2) is 19.7 Å². The SMILES string of the molecule is COC(=O)CCCCN1C(=O)[C@]2(O[C@H](CCn3cc(CCO)nn3)[C@@H]([Si](C)(C)O)[C@@H]2C)c2cc(-n3cccc(OC)c3=O)ccc21. The van der Waals surface area contributed by atoms with Crippen LogP contribution in [0.25, 0.3) is 5.69 Å². The van der Waals surface area contributed by atoms with Crippen molar-refractivity contribution in [3.63, 3.8) is 0 Å². The van der Waals surface area contributed by atoms with Gasteiger partial charge in [-0.3, -0.25) is 23.6 Å². The highest BCUT2D eigenvalue weighted by Gasteiger charge is 2.66. The van der Waals surface area contributed by atoms with E-state index in [1.165, 1.54) is 18.8 Å². The number of methoxy groups -OCH3 is 2. The van der Waals surface area contributed by atoms with Crippen molar-refractivity contribution >= 4 is 25.9 Å². The third-order valence-corrected chi connectivity index (χ3v) is 11.7. The first-order chi connectivity index (χ1) is 22.0. The zero-order valence-corrected chi connectivity index (χ0v) is 28.0. The Hall–Kier alpha value is -3.85. The third kappa shape index (κ3) is 6.13. The standard InChI is InChI=1S/C32H43N5O8Si/c1-21-29(46(4,5)42)26(13-17-35-20-22(14-18-38)33-34-35)45-32(21)24-19-23(36-16-8-9-27(43-2)30(36)40)11-12-25(24)37(31(32)41)15-7-6-10-28(39)44-3/h8-9,11-12,16,19-21,26,29,38,42H,6-7,10,13-15,17-18H2,1-5H3/t21-,26+,29-,32+/m0/s1. The third-order valence-electron chi connectivity index (χ3n) is 9.21. The summed E-state index contributed by atoms with van der Waals surface area (Å²) in [6.07, 6.45) is 5.21. The fourth-order valence-corrected chi connectivity index (χ4v) is 9.72. The summed E-state index contributed by atoms with van der Waals surface area (Å²) in [5, 5.41) is 17.6. The second-order valence-corrected chi connectivity index (χ2v) is 16.5. The fourth-order valence-electron chi connectivity index (χ4n) is 7.12. The van der Waals surface area contributed by atoms with Gasteiger partial charge in [-0.15, -0.1) is 5.10 Å². The molecule has 1 fully saturated rings. The van der Waals surface area contributed by atoms with Gasteiger partial charge in [-0.25, -0.2) is 0 Å². The van der Waals surface area contributed by atoms with Crippen LogP contribution in [0.2, 0.25) is 18.6 Å². The van der Waals surface area contributed by atoms with Gasteiger partial charge in [0, 0.05) is 67.6 Å². The minimum Gasteiger partial charge on any atom is -0.491 e. The van der Waals surface area contributed by atoms with Crippen molar-refractivity contribution in [1.82, 2.24) is 19.6 Å². The van der Waals surface area contributed by atoms with Crippen molar-refractivity contribution in [2.45, 2.75) is 75.9 Å². The van der Waals surface area contributed by atoms with E-state index in [-0.39, 0.29) is 41.8 Å². The van der Waals surface area contributed by atoms with Crippen LogP contribution in [0.15, 0.2) is 47.5 Å². The molecule has 2 aliphatic rings. The zero-order valence-electron chi connectivity index (χ0n) is 27.0. The lowest BCUT2D eigenvalue weighted by Crippen LogP contribution is -2.46. The van der Waals surface area contributed by atoms with E-state index in [1.54, 1.807) is 40.2 Å². The van der Waals surface area contributed by atoms with Crippen LogP contribution in [0.1, 0.15) is 43.9 Å². The molecule has 4 atom stereocenters. The number of esters is 1. The van der Waals surface area contributed by atoms with Gasteiger partial charge in [0.1, 0.15) is 0 Å². The number of ether oxygens (including phenoxy) is 3. The molecule has 2 N–H and O–H groups in total. The Balaban J connectivity index is 1.55. The number of anilines is 1. The van der Waals surface area contributed by atoms with Gasteiger partial charge in [0.05, 0.1) is 31.7 Å². The van der Waals surface area contributed by atoms with E-state index in [0.717, 1.165) is 0 Å². The monoisotopic (exact) mass is 653 g/mol. The summed E-state index contributed by atoms with van der Waals surface area (Å²) >= 11 is 0. The topological polar surface area (TPSA) is 158 Å². The molecule has 0 unspecified atom stereocenters. The number of amides is 1. The molecule has 5 rings (SSSR count). The van der Waals surface area contributed by atoms with Gasteiger partial charge in [0.25, 0.3) is 11.5 Å². The highest BCUT2D eigenvalue weighted by molar-refractivity contribution is 6.71. The van der Waals surface area contributed by atoms with E-state index in [2.05, 4.69) is 10.3 Å². The Morgan fingerprint density at radius 3 is 2.63 bits per heavy atom. The van der Waals surface area contributed by atoms with E-state index in [0.29, 0.717) is 61.4 Å². The maximum atomic E-state index is 14.7. The number of pyridine rings is 1. The number of rotatable bonds is 13. The second kappa shape index (κ2) is 13.5. The van der Waals surface area contributed by atoms with Crippen molar-refractivity contribution in [3.05, 3.63) is 64.3 Å². The molecule has 1 amide bonds. The lowest BCUT2D eigenvalue weighted by molar-refractivity contribution is -0.146. The van der Waals surface area contributed by atoms with E-state index in [1.807, 2.05) is 32.2 Å². The Bertz CT molecular complexity index is 1630. The lowest BCUT2D eigenvalue weighted by atomic mass is 9.82. The molecule has 3 aromatic rings. The number of carbonyl (C=O) groups is 2. The maximum Gasteiger partial charge on any atom is 0.305 e. The average molecular weight is 654 g/mol. The largest absolute Gasteiger partial charge is 0.491 e. The maximum absolute atomic E-state index is 14.7. The molecule has 13 nitrogen and oxygen atoms in total. The number of fused-ring (bicyclic) bond motifs is 2. The van der Waals surface area contributed by atoms with Crippen molar-refractivity contribution in [2.24, 2.45) is 5.92 Å². The number of aryl methyl sites for hydroxylation is 1. The van der Waals surface area contributed by atoms with Gasteiger partial charge in [-0.1, -0.05) is 12.1 Å². The Kier molecular flexibility index (Phi) is 9.82. The highest BCUT2D eigenvalue weighted by atomic mass is 28.4. The van der Waals surface area contributed by atoms with Crippen LogP contribution in [-0.2, 0) is 37.6 Å². The van der Waals surface area contributed by atoms with Gasteiger partial charge >= 0.3 is 5.97 Å². The fraction of sp³-hybridized carbons (Fsp3) is 0.531. The first-order valence-corrected chi connectivity index (χ1v) is 18.7. The molecule has 2 aromatic heterocycles. The zero-order chi connectivity index (χ0) is 33.2. The number of aliphatic hydroxyl groups is 1. The predicted octanol–water partition coefficient (Wildman–Crippen LogP) is 2.55. The summed E-state index contributed by atoms with van der Waals surface area (Å²) in [5.74, 6) is -0.731.